The van der Waals surface area contributed by atoms with E-state index in [0.29, 0.717) is 6.07 Å². The summed E-state index contributed by atoms with van der Waals surface area (Å²) in [5.74, 6) is -2.34. The number of anilines is 1. The van der Waals surface area contributed by atoms with Crippen LogP contribution in [0.5, 0.6) is 0 Å². The topological polar surface area (TPSA) is 55.1 Å². The van der Waals surface area contributed by atoms with Crippen LogP contribution < -0.4 is 11.1 Å². The molecular formula is C12H16F2N2O. The quantitative estimate of drug-likeness (QED) is 0.797. The number of carbonyl (C=O) groups is 1. The Bertz CT molecular complexity index is 421. The first-order valence-corrected chi connectivity index (χ1v) is 5.51. The van der Waals surface area contributed by atoms with Crippen LogP contribution in [0.15, 0.2) is 12.1 Å². The lowest BCUT2D eigenvalue weighted by atomic mass is 10.1. The second kappa shape index (κ2) is 5.61. The molecule has 0 saturated carbocycles. The van der Waals surface area contributed by atoms with Gasteiger partial charge in [0, 0.05) is 12.1 Å². The van der Waals surface area contributed by atoms with E-state index in [2.05, 4.69) is 5.32 Å². The Balaban J connectivity index is 2.86. The summed E-state index contributed by atoms with van der Waals surface area (Å²) in [5.41, 5.74) is 4.83. The summed E-state index contributed by atoms with van der Waals surface area (Å²) in [5, 5.41) is 2.63. The van der Waals surface area contributed by atoms with Crippen LogP contribution in [0.1, 0.15) is 37.0 Å². The molecule has 5 heteroatoms. The fourth-order valence-electron chi connectivity index (χ4n) is 1.55. The molecule has 0 heterocycles. The van der Waals surface area contributed by atoms with Gasteiger partial charge in [0.1, 0.15) is 11.6 Å². The fourth-order valence-corrected chi connectivity index (χ4v) is 1.55. The molecule has 3 N–H and O–H groups in total. The van der Waals surface area contributed by atoms with Gasteiger partial charge in [-0.15, -0.1) is 0 Å². The van der Waals surface area contributed by atoms with Crippen LogP contribution in [-0.4, -0.2) is 11.9 Å². The number of amides is 1. The molecule has 1 amide bonds. The Morgan fingerprint density at radius 1 is 1.41 bits per heavy atom. The molecule has 0 aliphatic heterocycles. The van der Waals surface area contributed by atoms with Gasteiger partial charge >= 0.3 is 0 Å². The highest BCUT2D eigenvalue weighted by Gasteiger charge is 2.16. The zero-order valence-corrected chi connectivity index (χ0v) is 9.89. The molecule has 1 unspecified atom stereocenters. The molecule has 94 valence electrons. The first-order chi connectivity index (χ1) is 7.95. The first-order valence-electron chi connectivity index (χ1n) is 5.51. The van der Waals surface area contributed by atoms with E-state index in [-0.39, 0.29) is 17.3 Å². The third-order valence-corrected chi connectivity index (χ3v) is 2.43. The van der Waals surface area contributed by atoms with E-state index in [9.17, 15) is 13.6 Å². The van der Waals surface area contributed by atoms with Crippen molar-refractivity contribution < 1.29 is 13.6 Å². The molecule has 3 nitrogen and oxygen atoms in total. The maximum absolute atomic E-state index is 13.4. The molecule has 0 spiro atoms. The second-order valence-electron chi connectivity index (χ2n) is 4.02. The van der Waals surface area contributed by atoms with Crippen LogP contribution in [0.25, 0.3) is 0 Å². The summed E-state index contributed by atoms with van der Waals surface area (Å²) < 4.78 is 26.3. The molecule has 0 aliphatic carbocycles. The minimum atomic E-state index is -0.905. The maximum Gasteiger partial charge on any atom is 0.254 e. The lowest BCUT2D eigenvalue weighted by Crippen LogP contribution is -2.33. The lowest BCUT2D eigenvalue weighted by Gasteiger charge is -2.13. The molecule has 1 rings (SSSR count). The summed E-state index contributed by atoms with van der Waals surface area (Å²) in [6.45, 7) is 3.81. The zero-order chi connectivity index (χ0) is 13.0. The van der Waals surface area contributed by atoms with Gasteiger partial charge < -0.3 is 11.1 Å². The molecule has 0 saturated heterocycles. The molecule has 0 aliphatic rings. The number of hydrogen-bond donors (Lipinski definition) is 2. The number of halogens is 2. The molecule has 1 atom stereocenters. The number of nitrogens with one attached hydrogen (secondary N) is 1. The van der Waals surface area contributed by atoms with Gasteiger partial charge in [-0.1, -0.05) is 13.3 Å². The molecule has 0 fully saturated rings. The highest BCUT2D eigenvalue weighted by molar-refractivity contribution is 5.95. The molecule has 0 aromatic heterocycles. The van der Waals surface area contributed by atoms with Gasteiger partial charge in [0.2, 0.25) is 0 Å². The summed E-state index contributed by atoms with van der Waals surface area (Å²) >= 11 is 0. The SMILES string of the molecule is CCCC(C)NC(=O)c1cc(N)c(F)cc1F. The minimum absolute atomic E-state index is 0.0572. The molecule has 1 aromatic carbocycles. The normalized spacial score (nSPS) is 12.2. The van der Waals surface area contributed by atoms with Gasteiger partial charge in [-0.3, -0.25) is 4.79 Å². The van der Waals surface area contributed by atoms with Crippen molar-refractivity contribution in [1.29, 1.82) is 0 Å². The van der Waals surface area contributed by atoms with Gasteiger partial charge in [0.25, 0.3) is 5.91 Å². The van der Waals surface area contributed by atoms with Gasteiger partial charge in [-0.2, -0.15) is 0 Å². The van der Waals surface area contributed by atoms with Crippen molar-refractivity contribution in [3.05, 3.63) is 29.3 Å². The van der Waals surface area contributed by atoms with E-state index < -0.39 is 17.5 Å². The maximum atomic E-state index is 13.4. The van der Waals surface area contributed by atoms with Crippen molar-refractivity contribution in [1.82, 2.24) is 5.32 Å². The molecular weight excluding hydrogens is 226 g/mol. The minimum Gasteiger partial charge on any atom is -0.396 e. The number of nitrogen functional groups attached to an aromatic ring is 1. The average Bonchev–Trinajstić information content (AvgIpc) is 2.23. The Morgan fingerprint density at radius 2 is 2.06 bits per heavy atom. The van der Waals surface area contributed by atoms with Gasteiger partial charge in [-0.25, -0.2) is 8.78 Å². The third kappa shape index (κ3) is 3.41. The number of benzene rings is 1. The van der Waals surface area contributed by atoms with Gasteiger partial charge in [0.15, 0.2) is 0 Å². The average molecular weight is 242 g/mol. The lowest BCUT2D eigenvalue weighted by molar-refractivity contribution is 0.0934. The third-order valence-electron chi connectivity index (χ3n) is 2.43. The standard InChI is InChI=1S/C12H16F2N2O/c1-3-4-7(2)16-12(17)8-5-11(15)10(14)6-9(8)13/h5-7H,3-4,15H2,1-2H3,(H,16,17). The Kier molecular flexibility index (Phi) is 4.43. The zero-order valence-electron chi connectivity index (χ0n) is 9.89. The molecule has 17 heavy (non-hydrogen) atoms. The Labute approximate surface area is 99.0 Å². The smallest absolute Gasteiger partial charge is 0.254 e. The summed E-state index contributed by atoms with van der Waals surface area (Å²) in [6.07, 6.45) is 1.71. The van der Waals surface area contributed by atoms with E-state index in [4.69, 9.17) is 5.73 Å². The highest BCUT2D eigenvalue weighted by atomic mass is 19.1. The Hall–Kier alpha value is -1.65. The van der Waals surface area contributed by atoms with Crippen LogP contribution in [0, 0.1) is 11.6 Å². The number of carbonyl (C=O) groups excluding carboxylic acids is 1. The van der Waals surface area contributed by atoms with E-state index in [0.717, 1.165) is 18.9 Å². The van der Waals surface area contributed by atoms with E-state index in [1.807, 2.05) is 13.8 Å². The van der Waals surface area contributed by atoms with Crippen LogP contribution in [-0.2, 0) is 0 Å². The molecule has 0 radical (unpaired) electrons. The molecule has 1 aromatic rings. The predicted octanol–water partition coefficient (Wildman–Crippen LogP) is 2.47. The van der Waals surface area contributed by atoms with E-state index >= 15 is 0 Å². The number of nitrogens with two attached hydrogens (primary N) is 1. The largest absolute Gasteiger partial charge is 0.396 e. The van der Waals surface area contributed by atoms with E-state index in [1.54, 1.807) is 0 Å². The first kappa shape index (κ1) is 13.4. The Morgan fingerprint density at radius 3 is 2.65 bits per heavy atom. The highest BCUT2D eigenvalue weighted by Crippen LogP contribution is 2.16. The second-order valence-corrected chi connectivity index (χ2v) is 4.02. The van der Waals surface area contributed by atoms with Crippen molar-refractivity contribution in [3.63, 3.8) is 0 Å². The van der Waals surface area contributed by atoms with Crippen LogP contribution >= 0.6 is 0 Å². The van der Waals surface area contributed by atoms with Crippen LogP contribution in [0.4, 0.5) is 14.5 Å². The summed E-state index contributed by atoms with van der Waals surface area (Å²) in [6, 6.07) is 1.58. The summed E-state index contributed by atoms with van der Waals surface area (Å²) in [7, 11) is 0. The predicted molar refractivity (Wildman–Crippen MR) is 62.6 cm³/mol. The summed E-state index contributed by atoms with van der Waals surface area (Å²) in [4.78, 5) is 11.7. The van der Waals surface area contributed by atoms with Gasteiger partial charge in [0.05, 0.1) is 11.3 Å². The van der Waals surface area contributed by atoms with Crippen LogP contribution in [0.2, 0.25) is 0 Å². The van der Waals surface area contributed by atoms with Crippen molar-refractivity contribution in [3.8, 4) is 0 Å². The van der Waals surface area contributed by atoms with Crippen molar-refractivity contribution in [2.45, 2.75) is 32.7 Å². The van der Waals surface area contributed by atoms with Crippen molar-refractivity contribution in [2.24, 2.45) is 0 Å². The van der Waals surface area contributed by atoms with Crippen molar-refractivity contribution >= 4 is 11.6 Å². The fraction of sp³-hybridized carbons (Fsp3) is 0.417. The molecule has 0 bridgehead atoms. The van der Waals surface area contributed by atoms with E-state index in [1.165, 1.54) is 0 Å². The number of hydrogen-bond acceptors (Lipinski definition) is 2. The van der Waals surface area contributed by atoms with Gasteiger partial charge in [-0.05, 0) is 19.4 Å². The number of rotatable bonds is 4. The van der Waals surface area contributed by atoms with Crippen LogP contribution in [0.3, 0.4) is 0 Å². The monoisotopic (exact) mass is 242 g/mol. The van der Waals surface area contributed by atoms with Crippen molar-refractivity contribution in [2.75, 3.05) is 5.73 Å².